The highest BCUT2D eigenvalue weighted by atomic mass is 16.6. The smallest absolute Gasteiger partial charge is 0.416 e. The fraction of sp³-hybridized carbons (Fsp3) is 0.500. The number of nitrogens with zero attached hydrogens (tertiary/aromatic N) is 2. The molecule has 1 amide bonds. The van der Waals surface area contributed by atoms with Gasteiger partial charge in [0.05, 0.1) is 0 Å². The van der Waals surface area contributed by atoms with Crippen LogP contribution in [-0.2, 0) is 4.74 Å². The van der Waals surface area contributed by atoms with Gasteiger partial charge in [-0.1, -0.05) is 0 Å². The van der Waals surface area contributed by atoms with Gasteiger partial charge in [-0.15, -0.1) is 0 Å². The molecule has 0 spiro atoms. The van der Waals surface area contributed by atoms with E-state index in [1.807, 2.05) is 0 Å². The van der Waals surface area contributed by atoms with E-state index in [4.69, 9.17) is 4.74 Å². The molecule has 20 heavy (non-hydrogen) atoms. The maximum atomic E-state index is 12.2. The van der Waals surface area contributed by atoms with E-state index in [9.17, 15) is 14.7 Å². The molecule has 0 radical (unpaired) electrons. The molecule has 0 aliphatic rings. The summed E-state index contributed by atoms with van der Waals surface area (Å²) in [5.41, 5.74) is -0.699. The van der Waals surface area contributed by atoms with Crippen molar-refractivity contribution in [2.75, 3.05) is 4.90 Å². The van der Waals surface area contributed by atoms with Crippen molar-refractivity contribution in [1.82, 2.24) is 4.98 Å². The molecular weight excluding hydrogens is 260 g/mol. The second-order valence-corrected chi connectivity index (χ2v) is 5.62. The van der Waals surface area contributed by atoms with Gasteiger partial charge in [0.25, 0.3) is 0 Å². The Morgan fingerprint density at radius 3 is 2.40 bits per heavy atom. The third-order valence-electron chi connectivity index (χ3n) is 2.35. The van der Waals surface area contributed by atoms with E-state index in [0.717, 1.165) is 0 Å². The number of aromatic carboxylic acids is 1. The van der Waals surface area contributed by atoms with Crippen molar-refractivity contribution < 1.29 is 19.4 Å². The number of ether oxygens (including phenoxy) is 1. The predicted octanol–water partition coefficient (Wildman–Crippen LogP) is 2.93. The number of anilines is 1. The van der Waals surface area contributed by atoms with Gasteiger partial charge in [0.2, 0.25) is 0 Å². The van der Waals surface area contributed by atoms with Gasteiger partial charge in [-0.25, -0.2) is 14.6 Å². The van der Waals surface area contributed by atoms with Gasteiger partial charge in [-0.2, -0.15) is 0 Å². The summed E-state index contributed by atoms with van der Waals surface area (Å²) in [4.78, 5) is 28.7. The van der Waals surface area contributed by atoms with Crippen LogP contribution in [0.4, 0.5) is 10.6 Å². The van der Waals surface area contributed by atoms with E-state index in [1.54, 1.807) is 34.6 Å². The molecule has 1 rings (SSSR count). The molecule has 0 aromatic carbocycles. The molecule has 1 aromatic rings. The Balaban J connectivity index is 3.22. The Bertz CT molecular complexity index is 506. The van der Waals surface area contributed by atoms with Crippen LogP contribution >= 0.6 is 0 Å². The lowest BCUT2D eigenvalue weighted by Crippen LogP contribution is -2.42. The highest BCUT2D eigenvalue weighted by molar-refractivity contribution is 5.98. The molecule has 0 saturated heterocycles. The number of amides is 1. The van der Waals surface area contributed by atoms with Gasteiger partial charge in [-0.3, -0.25) is 4.90 Å². The lowest BCUT2D eigenvalue weighted by Gasteiger charge is -2.29. The number of rotatable bonds is 3. The van der Waals surface area contributed by atoms with Crippen molar-refractivity contribution in [2.45, 2.75) is 46.3 Å². The quantitative estimate of drug-likeness (QED) is 0.920. The second-order valence-electron chi connectivity index (χ2n) is 5.62. The van der Waals surface area contributed by atoms with Crippen LogP contribution in [0.5, 0.6) is 0 Å². The van der Waals surface area contributed by atoms with Crippen molar-refractivity contribution in [3.63, 3.8) is 0 Å². The van der Waals surface area contributed by atoms with Crippen LogP contribution < -0.4 is 4.90 Å². The molecular formula is C14H20N2O4. The normalized spacial score (nSPS) is 11.3. The van der Waals surface area contributed by atoms with Gasteiger partial charge < -0.3 is 9.84 Å². The number of hydrogen-bond donors (Lipinski definition) is 1. The molecule has 1 heterocycles. The number of hydrogen-bond acceptors (Lipinski definition) is 4. The first kappa shape index (κ1) is 15.9. The number of carbonyl (C=O) groups excluding carboxylic acids is 1. The molecule has 0 bridgehead atoms. The zero-order valence-corrected chi connectivity index (χ0v) is 12.4. The van der Waals surface area contributed by atoms with Gasteiger partial charge >= 0.3 is 12.1 Å². The summed E-state index contributed by atoms with van der Waals surface area (Å²) >= 11 is 0. The van der Waals surface area contributed by atoms with Gasteiger partial charge in [-0.05, 0) is 46.8 Å². The Morgan fingerprint density at radius 1 is 1.35 bits per heavy atom. The maximum Gasteiger partial charge on any atom is 0.416 e. The molecule has 110 valence electrons. The minimum absolute atomic E-state index is 0.0351. The molecule has 0 fully saturated rings. The van der Waals surface area contributed by atoms with Crippen LogP contribution in [0.15, 0.2) is 18.3 Å². The summed E-state index contributed by atoms with van der Waals surface area (Å²) < 4.78 is 5.30. The number of carbonyl (C=O) groups is 2. The van der Waals surface area contributed by atoms with Gasteiger partial charge in [0.1, 0.15) is 11.2 Å². The summed E-state index contributed by atoms with van der Waals surface area (Å²) in [6.07, 6.45) is 0.829. The molecule has 0 unspecified atom stereocenters. The highest BCUT2D eigenvalue weighted by Gasteiger charge is 2.29. The molecule has 0 aliphatic heterocycles. The summed E-state index contributed by atoms with van der Waals surface area (Å²) in [7, 11) is 0. The molecule has 6 nitrogen and oxygen atoms in total. The van der Waals surface area contributed by atoms with E-state index >= 15 is 0 Å². The van der Waals surface area contributed by atoms with Crippen LogP contribution in [0.25, 0.3) is 0 Å². The van der Waals surface area contributed by atoms with E-state index in [2.05, 4.69) is 4.98 Å². The standard InChI is InChI=1S/C14H20N2O4/c1-9(2)16(13(19)20-14(3,4)5)11-10(12(17)18)7-6-8-15-11/h6-9H,1-5H3,(H,17,18). The lowest BCUT2D eigenvalue weighted by atomic mass is 10.2. The SMILES string of the molecule is CC(C)N(C(=O)OC(C)(C)C)c1ncccc1C(=O)O. The minimum Gasteiger partial charge on any atom is -0.478 e. The third-order valence-corrected chi connectivity index (χ3v) is 2.35. The first-order chi connectivity index (χ1) is 9.13. The highest BCUT2D eigenvalue weighted by Crippen LogP contribution is 2.22. The van der Waals surface area contributed by atoms with Crippen molar-refractivity contribution in [1.29, 1.82) is 0 Å². The Hall–Kier alpha value is -2.11. The fourth-order valence-corrected chi connectivity index (χ4v) is 1.61. The monoisotopic (exact) mass is 280 g/mol. The van der Waals surface area contributed by atoms with Crippen LogP contribution in [0.3, 0.4) is 0 Å². The molecule has 1 N–H and O–H groups in total. The Kier molecular flexibility index (Phi) is 4.70. The third kappa shape index (κ3) is 3.94. The molecule has 0 saturated carbocycles. The Labute approximate surface area is 118 Å². The first-order valence-corrected chi connectivity index (χ1v) is 6.34. The van der Waals surface area contributed by atoms with Crippen molar-refractivity contribution in [3.8, 4) is 0 Å². The minimum atomic E-state index is -1.14. The number of carboxylic acid groups (broad SMARTS) is 1. The lowest BCUT2D eigenvalue weighted by molar-refractivity contribution is 0.0569. The summed E-state index contributed by atoms with van der Waals surface area (Å²) in [6, 6.07) is 2.64. The van der Waals surface area contributed by atoms with Crippen LogP contribution in [0.1, 0.15) is 45.0 Å². The van der Waals surface area contributed by atoms with E-state index in [0.29, 0.717) is 0 Å². The zero-order chi connectivity index (χ0) is 15.5. The average Bonchev–Trinajstić information content (AvgIpc) is 2.26. The number of pyridine rings is 1. The van der Waals surface area contributed by atoms with E-state index < -0.39 is 17.7 Å². The second kappa shape index (κ2) is 5.90. The van der Waals surface area contributed by atoms with Gasteiger partial charge in [0, 0.05) is 12.2 Å². The largest absolute Gasteiger partial charge is 0.478 e. The van der Waals surface area contributed by atoms with E-state index in [-0.39, 0.29) is 17.4 Å². The van der Waals surface area contributed by atoms with Crippen molar-refractivity contribution in [3.05, 3.63) is 23.9 Å². The van der Waals surface area contributed by atoms with Crippen LogP contribution in [0, 0.1) is 0 Å². The summed E-state index contributed by atoms with van der Waals surface area (Å²) in [5, 5.41) is 9.19. The Morgan fingerprint density at radius 2 is 1.95 bits per heavy atom. The maximum absolute atomic E-state index is 12.2. The topological polar surface area (TPSA) is 79.7 Å². The van der Waals surface area contributed by atoms with Crippen LogP contribution in [-0.4, -0.2) is 33.8 Å². The number of aromatic nitrogens is 1. The summed E-state index contributed by atoms with van der Waals surface area (Å²) in [5.74, 6) is -1.05. The number of carboxylic acids is 1. The summed E-state index contributed by atoms with van der Waals surface area (Å²) in [6.45, 7) is 8.79. The molecule has 0 aliphatic carbocycles. The first-order valence-electron chi connectivity index (χ1n) is 6.34. The van der Waals surface area contributed by atoms with E-state index in [1.165, 1.54) is 23.2 Å². The van der Waals surface area contributed by atoms with Crippen molar-refractivity contribution in [2.24, 2.45) is 0 Å². The predicted molar refractivity (Wildman–Crippen MR) is 75.0 cm³/mol. The van der Waals surface area contributed by atoms with Crippen molar-refractivity contribution >= 4 is 17.9 Å². The van der Waals surface area contributed by atoms with Gasteiger partial charge in [0.15, 0.2) is 5.82 Å². The average molecular weight is 280 g/mol. The molecule has 0 atom stereocenters. The zero-order valence-electron chi connectivity index (χ0n) is 12.4. The van der Waals surface area contributed by atoms with Crippen LogP contribution in [0.2, 0.25) is 0 Å². The molecule has 6 heteroatoms. The fourth-order valence-electron chi connectivity index (χ4n) is 1.61. The molecule has 1 aromatic heterocycles.